The molecule has 0 aromatic rings. The lowest BCUT2D eigenvalue weighted by Gasteiger charge is -2.40. The molecule has 0 aromatic carbocycles. The van der Waals surface area contributed by atoms with E-state index >= 15 is 0 Å². The monoisotopic (exact) mass is 240 g/mol. The second-order valence-electron chi connectivity index (χ2n) is 5.44. The number of nitrogens with zero attached hydrogens (tertiary/aromatic N) is 1. The van der Waals surface area contributed by atoms with Crippen LogP contribution in [0.15, 0.2) is 0 Å². The molecule has 0 aromatic heterocycles. The fraction of sp³-hybridized carbons (Fsp3) is 0.923. The molecule has 2 N–H and O–H groups in total. The summed E-state index contributed by atoms with van der Waals surface area (Å²) < 4.78 is 5.32. The van der Waals surface area contributed by atoms with Crippen LogP contribution in [0.5, 0.6) is 0 Å². The largest absolute Gasteiger partial charge is 0.381 e. The summed E-state index contributed by atoms with van der Waals surface area (Å²) >= 11 is 0. The molecule has 2 aliphatic heterocycles. The number of ether oxygens (including phenoxy) is 1. The molecular formula is C13H24N2O2. The van der Waals surface area contributed by atoms with Crippen LogP contribution in [0, 0.1) is 11.8 Å². The lowest BCUT2D eigenvalue weighted by molar-refractivity contribution is -0.137. The summed E-state index contributed by atoms with van der Waals surface area (Å²) in [5.74, 6) is 1.25. The minimum Gasteiger partial charge on any atom is -0.381 e. The standard InChI is InChI=1S/C13H24N2O2/c1-10-3-2-5-15(12(10)8-14)13(16)7-11-4-6-17-9-11/h10-12H,2-9,14H2,1H3. The van der Waals surface area contributed by atoms with Crippen LogP contribution >= 0.6 is 0 Å². The molecule has 4 nitrogen and oxygen atoms in total. The highest BCUT2D eigenvalue weighted by Gasteiger charge is 2.32. The quantitative estimate of drug-likeness (QED) is 0.800. The van der Waals surface area contributed by atoms with E-state index in [1.807, 2.05) is 4.90 Å². The van der Waals surface area contributed by atoms with Gasteiger partial charge in [0.05, 0.1) is 0 Å². The zero-order valence-electron chi connectivity index (χ0n) is 10.7. The normalized spacial score (nSPS) is 34.0. The first-order valence-corrected chi connectivity index (χ1v) is 6.79. The predicted octanol–water partition coefficient (Wildman–Crippen LogP) is 0.999. The minimum atomic E-state index is 0.249. The van der Waals surface area contributed by atoms with Crippen LogP contribution < -0.4 is 5.73 Å². The lowest BCUT2D eigenvalue weighted by atomic mass is 9.90. The zero-order valence-corrected chi connectivity index (χ0v) is 10.7. The Balaban J connectivity index is 1.91. The molecule has 1 amide bonds. The Morgan fingerprint density at radius 1 is 1.47 bits per heavy atom. The van der Waals surface area contributed by atoms with E-state index in [-0.39, 0.29) is 11.9 Å². The summed E-state index contributed by atoms with van der Waals surface area (Å²) in [4.78, 5) is 14.3. The molecule has 0 radical (unpaired) electrons. The number of carbonyl (C=O) groups excluding carboxylic acids is 1. The molecule has 98 valence electrons. The van der Waals surface area contributed by atoms with E-state index in [0.29, 0.717) is 24.8 Å². The minimum absolute atomic E-state index is 0.249. The molecule has 3 unspecified atom stereocenters. The second kappa shape index (κ2) is 5.83. The maximum Gasteiger partial charge on any atom is 0.223 e. The molecule has 2 heterocycles. The van der Waals surface area contributed by atoms with Crippen molar-refractivity contribution in [2.75, 3.05) is 26.3 Å². The third-order valence-corrected chi connectivity index (χ3v) is 4.16. The van der Waals surface area contributed by atoms with Crippen molar-refractivity contribution in [3.8, 4) is 0 Å². The van der Waals surface area contributed by atoms with Crippen LogP contribution in [0.1, 0.15) is 32.6 Å². The van der Waals surface area contributed by atoms with Gasteiger partial charge in [-0.3, -0.25) is 4.79 Å². The Kier molecular flexibility index (Phi) is 4.40. The van der Waals surface area contributed by atoms with Crippen molar-refractivity contribution in [3.63, 3.8) is 0 Å². The maximum absolute atomic E-state index is 12.3. The van der Waals surface area contributed by atoms with Crippen LogP contribution in [0.3, 0.4) is 0 Å². The van der Waals surface area contributed by atoms with Gasteiger partial charge in [-0.25, -0.2) is 0 Å². The van der Waals surface area contributed by atoms with Gasteiger partial charge in [0, 0.05) is 38.8 Å². The maximum atomic E-state index is 12.3. The Morgan fingerprint density at radius 3 is 2.94 bits per heavy atom. The number of piperidine rings is 1. The lowest BCUT2D eigenvalue weighted by Crippen LogP contribution is -2.51. The molecule has 2 aliphatic rings. The fourth-order valence-electron chi connectivity index (χ4n) is 3.03. The molecule has 0 saturated carbocycles. The topological polar surface area (TPSA) is 55.6 Å². The molecule has 2 fully saturated rings. The average molecular weight is 240 g/mol. The molecule has 4 heteroatoms. The molecule has 2 saturated heterocycles. The van der Waals surface area contributed by atoms with Crippen LogP contribution in [0.25, 0.3) is 0 Å². The number of nitrogens with two attached hydrogens (primary N) is 1. The molecule has 3 atom stereocenters. The average Bonchev–Trinajstić information content (AvgIpc) is 2.81. The van der Waals surface area contributed by atoms with Gasteiger partial charge >= 0.3 is 0 Å². The Morgan fingerprint density at radius 2 is 2.29 bits per heavy atom. The van der Waals surface area contributed by atoms with Crippen LogP contribution in [0.2, 0.25) is 0 Å². The van der Waals surface area contributed by atoms with Gasteiger partial charge in [-0.1, -0.05) is 6.92 Å². The molecular weight excluding hydrogens is 216 g/mol. The summed E-state index contributed by atoms with van der Waals surface area (Å²) in [6, 6.07) is 0.249. The van der Waals surface area contributed by atoms with E-state index in [9.17, 15) is 4.79 Å². The first-order chi connectivity index (χ1) is 8.22. The van der Waals surface area contributed by atoms with Crippen molar-refractivity contribution in [2.24, 2.45) is 17.6 Å². The van der Waals surface area contributed by atoms with E-state index in [4.69, 9.17) is 10.5 Å². The SMILES string of the molecule is CC1CCCN(C(=O)CC2CCOC2)C1CN. The summed E-state index contributed by atoms with van der Waals surface area (Å²) in [6.07, 6.45) is 3.98. The van der Waals surface area contributed by atoms with E-state index in [1.54, 1.807) is 0 Å². The van der Waals surface area contributed by atoms with Crippen molar-refractivity contribution in [2.45, 2.75) is 38.6 Å². The van der Waals surface area contributed by atoms with Gasteiger partial charge in [0.2, 0.25) is 5.91 Å². The van der Waals surface area contributed by atoms with Gasteiger partial charge < -0.3 is 15.4 Å². The number of hydrogen-bond acceptors (Lipinski definition) is 3. The molecule has 17 heavy (non-hydrogen) atoms. The Bertz CT molecular complexity index is 264. The number of amides is 1. The van der Waals surface area contributed by atoms with Crippen LogP contribution in [0.4, 0.5) is 0 Å². The highest BCUT2D eigenvalue weighted by Crippen LogP contribution is 2.25. The van der Waals surface area contributed by atoms with E-state index < -0.39 is 0 Å². The molecule has 0 spiro atoms. The number of carbonyl (C=O) groups is 1. The van der Waals surface area contributed by atoms with Gasteiger partial charge in [-0.2, -0.15) is 0 Å². The molecule has 0 aliphatic carbocycles. The smallest absolute Gasteiger partial charge is 0.223 e. The Hall–Kier alpha value is -0.610. The van der Waals surface area contributed by atoms with Crippen molar-refractivity contribution in [1.29, 1.82) is 0 Å². The summed E-state index contributed by atoms with van der Waals surface area (Å²) in [5.41, 5.74) is 5.81. The second-order valence-corrected chi connectivity index (χ2v) is 5.44. The van der Waals surface area contributed by atoms with Crippen molar-refractivity contribution in [1.82, 2.24) is 4.90 Å². The fourth-order valence-corrected chi connectivity index (χ4v) is 3.03. The van der Waals surface area contributed by atoms with Gasteiger partial charge in [-0.05, 0) is 31.1 Å². The number of likely N-dealkylation sites (tertiary alicyclic amines) is 1. The number of rotatable bonds is 3. The van der Waals surface area contributed by atoms with E-state index in [0.717, 1.165) is 32.6 Å². The van der Waals surface area contributed by atoms with Crippen molar-refractivity contribution in [3.05, 3.63) is 0 Å². The number of hydrogen-bond donors (Lipinski definition) is 1. The summed E-state index contributed by atoms with van der Waals surface area (Å²) in [5, 5.41) is 0. The summed E-state index contributed by atoms with van der Waals surface area (Å²) in [6.45, 7) is 5.25. The zero-order chi connectivity index (χ0) is 12.3. The first-order valence-electron chi connectivity index (χ1n) is 6.79. The van der Waals surface area contributed by atoms with Crippen LogP contribution in [-0.2, 0) is 9.53 Å². The highest BCUT2D eigenvalue weighted by molar-refractivity contribution is 5.77. The first kappa shape index (κ1) is 12.8. The van der Waals surface area contributed by atoms with Gasteiger partial charge in [-0.15, -0.1) is 0 Å². The van der Waals surface area contributed by atoms with Crippen LogP contribution in [-0.4, -0.2) is 43.2 Å². The van der Waals surface area contributed by atoms with Gasteiger partial charge in [0.1, 0.15) is 0 Å². The van der Waals surface area contributed by atoms with Gasteiger partial charge in [0.15, 0.2) is 0 Å². The summed E-state index contributed by atoms with van der Waals surface area (Å²) in [7, 11) is 0. The molecule has 2 rings (SSSR count). The van der Waals surface area contributed by atoms with Crippen molar-refractivity contribution >= 4 is 5.91 Å². The van der Waals surface area contributed by atoms with Crippen molar-refractivity contribution < 1.29 is 9.53 Å². The third kappa shape index (κ3) is 2.99. The third-order valence-electron chi connectivity index (χ3n) is 4.16. The Labute approximate surface area is 103 Å². The van der Waals surface area contributed by atoms with Gasteiger partial charge in [0.25, 0.3) is 0 Å². The molecule has 0 bridgehead atoms. The highest BCUT2D eigenvalue weighted by atomic mass is 16.5. The van der Waals surface area contributed by atoms with E-state index in [1.165, 1.54) is 6.42 Å². The van der Waals surface area contributed by atoms with E-state index in [2.05, 4.69) is 6.92 Å². The predicted molar refractivity (Wildman–Crippen MR) is 66.5 cm³/mol.